The zero-order valence-electron chi connectivity index (χ0n) is 8.25. The Morgan fingerprint density at radius 2 is 2.40 bits per heavy atom. The van der Waals surface area contributed by atoms with Crippen LogP contribution >= 0.6 is 15.9 Å². The van der Waals surface area contributed by atoms with Crippen molar-refractivity contribution < 1.29 is 4.21 Å². The lowest BCUT2D eigenvalue weighted by molar-refractivity contribution is 0.685. The van der Waals surface area contributed by atoms with Crippen molar-refractivity contribution in [2.45, 2.75) is 6.42 Å². The highest BCUT2D eigenvalue weighted by Crippen LogP contribution is 2.12. The molecule has 0 spiro atoms. The SMILES string of the molecule is CS(=O)CCCNc1nc[nH]c(=O)c1Br. The molecule has 0 radical (unpaired) electrons. The molecule has 7 heteroatoms. The highest BCUT2D eigenvalue weighted by Gasteiger charge is 2.03. The molecule has 1 aromatic rings. The van der Waals surface area contributed by atoms with E-state index < -0.39 is 10.8 Å². The molecule has 0 aliphatic carbocycles. The second kappa shape index (κ2) is 6.02. The molecule has 1 aromatic heterocycles. The van der Waals surface area contributed by atoms with Crippen LogP contribution in [0.3, 0.4) is 0 Å². The lowest BCUT2D eigenvalue weighted by atomic mass is 10.4. The van der Waals surface area contributed by atoms with Gasteiger partial charge < -0.3 is 10.3 Å². The zero-order chi connectivity index (χ0) is 11.3. The molecule has 0 aromatic carbocycles. The topological polar surface area (TPSA) is 74.8 Å². The molecule has 0 aliphatic rings. The molecule has 1 atom stereocenters. The monoisotopic (exact) mass is 293 g/mol. The predicted octanol–water partition coefficient (Wildman–Crippen LogP) is 0.713. The van der Waals surface area contributed by atoms with Crippen molar-refractivity contribution in [2.24, 2.45) is 0 Å². The summed E-state index contributed by atoms with van der Waals surface area (Å²) in [5.74, 6) is 1.16. The minimum Gasteiger partial charge on any atom is -0.369 e. The second-order valence-electron chi connectivity index (χ2n) is 2.95. The Bertz CT molecular complexity index is 407. The van der Waals surface area contributed by atoms with E-state index in [1.807, 2.05) is 0 Å². The average Bonchev–Trinajstić information content (AvgIpc) is 2.18. The van der Waals surface area contributed by atoms with Gasteiger partial charge in [-0.2, -0.15) is 0 Å². The van der Waals surface area contributed by atoms with E-state index in [2.05, 4.69) is 31.2 Å². The molecule has 0 amide bonds. The van der Waals surface area contributed by atoms with Gasteiger partial charge in [0.1, 0.15) is 10.3 Å². The maximum absolute atomic E-state index is 11.1. The smallest absolute Gasteiger partial charge is 0.267 e. The van der Waals surface area contributed by atoms with Gasteiger partial charge in [-0.05, 0) is 22.4 Å². The number of nitrogens with one attached hydrogen (secondary N) is 2. The summed E-state index contributed by atoms with van der Waals surface area (Å²) in [6, 6.07) is 0. The lowest BCUT2D eigenvalue weighted by Gasteiger charge is -2.05. The Morgan fingerprint density at radius 3 is 3.07 bits per heavy atom. The summed E-state index contributed by atoms with van der Waals surface area (Å²) in [7, 11) is -0.773. The van der Waals surface area contributed by atoms with Crippen LogP contribution in [0.4, 0.5) is 5.82 Å². The van der Waals surface area contributed by atoms with Crippen molar-refractivity contribution in [3.63, 3.8) is 0 Å². The highest BCUT2D eigenvalue weighted by molar-refractivity contribution is 9.10. The van der Waals surface area contributed by atoms with E-state index in [-0.39, 0.29) is 5.56 Å². The van der Waals surface area contributed by atoms with Crippen LogP contribution in [0.5, 0.6) is 0 Å². The minimum atomic E-state index is -0.773. The van der Waals surface area contributed by atoms with E-state index >= 15 is 0 Å². The van der Waals surface area contributed by atoms with Gasteiger partial charge >= 0.3 is 0 Å². The van der Waals surface area contributed by atoms with Gasteiger partial charge in [0.05, 0.1) is 6.33 Å². The maximum Gasteiger partial charge on any atom is 0.267 e. The van der Waals surface area contributed by atoms with E-state index in [9.17, 15) is 9.00 Å². The van der Waals surface area contributed by atoms with Crippen LogP contribution < -0.4 is 10.9 Å². The fraction of sp³-hybridized carbons (Fsp3) is 0.500. The number of aromatic nitrogens is 2. The summed E-state index contributed by atoms with van der Waals surface area (Å²) in [5.41, 5.74) is -0.216. The van der Waals surface area contributed by atoms with Gasteiger partial charge in [-0.15, -0.1) is 0 Å². The van der Waals surface area contributed by atoms with Crippen molar-refractivity contribution in [1.29, 1.82) is 0 Å². The summed E-state index contributed by atoms with van der Waals surface area (Å²) in [6.45, 7) is 0.647. The molecule has 2 N–H and O–H groups in total. The van der Waals surface area contributed by atoms with Gasteiger partial charge in [0.25, 0.3) is 5.56 Å². The lowest BCUT2D eigenvalue weighted by Crippen LogP contribution is -2.13. The third-order valence-electron chi connectivity index (χ3n) is 1.70. The largest absolute Gasteiger partial charge is 0.369 e. The number of H-pyrrole nitrogens is 1. The number of halogens is 1. The standard InChI is InChI=1S/C8H12BrN3O2S/c1-15(14)4-2-3-10-7-6(9)8(13)12-5-11-7/h5H,2-4H2,1H3,(H2,10,11,12,13). The van der Waals surface area contributed by atoms with E-state index in [0.29, 0.717) is 22.6 Å². The van der Waals surface area contributed by atoms with E-state index in [1.165, 1.54) is 6.33 Å². The first kappa shape index (κ1) is 12.4. The first-order valence-electron chi connectivity index (χ1n) is 4.38. The van der Waals surface area contributed by atoms with Gasteiger partial charge in [-0.3, -0.25) is 9.00 Å². The second-order valence-corrected chi connectivity index (χ2v) is 5.30. The molecule has 1 heterocycles. The van der Waals surface area contributed by atoms with Gasteiger partial charge in [0.2, 0.25) is 0 Å². The molecule has 0 aliphatic heterocycles. The minimum absolute atomic E-state index is 0.216. The van der Waals surface area contributed by atoms with Crippen molar-refractivity contribution in [1.82, 2.24) is 9.97 Å². The number of anilines is 1. The Balaban J connectivity index is 2.48. The van der Waals surface area contributed by atoms with Crippen LogP contribution in [-0.4, -0.2) is 32.7 Å². The number of hydrogen-bond donors (Lipinski definition) is 2. The molecule has 0 bridgehead atoms. The molecule has 0 fully saturated rings. The zero-order valence-corrected chi connectivity index (χ0v) is 10.7. The van der Waals surface area contributed by atoms with Gasteiger partial charge in [0, 0.05) is 29.4 Å². The first-order valence-corrected chi connectivity index (χ1v) is 6.90. The number of nitrogens with zero attached hydrogens (tertiary/aromatic N) is 1. The van der Waals surface area contributed by atoms with Crippen LogP contribution in [0.1, 0.15) is 6.42 Å². The van der Waals surface area contributed by atoms with Crippen LogP contribution in [0.15, 0.2) is 15.6 Å². The Labute approximate surface area is 98.3 Å². The Hall–Kier alpha value is -0.690. The predicted molar refractivity (Wildman–Crippen MR) is 64.6 cm³/mol. The summed E-state index contributed by atoms with van der Waals surface area (Å²) in [6.07, 6.45) is 3.79. The van der Waals surface area contributed by atoms with E-state index in [1.54, 1.807) is 6.26 Å². The normalized spacial score (nSPS) is 12.4. The van der Waals surface area contributed by atoms with Crippen molar-refractivity contribution in [2.75, 3.05) is 23.9 Å². The highest BCUT2D eigenvalue weighted by atomic mass is 79.9. The quantitative estimate of drug-likeness (QED) is 0.784. The van der Waals surface area contributed by atoms with E-state index in [4.69, 9.17) is 0 Å². The number of hydrogen-bond acceptors (Lipinski definition) is 4. The molecule has 15 heavy (non-hydrogen) atoms. The third-order valence-corrected chi connectivity index (χ3v) is 3.30. The van der Waals surface area contributed by atoms with Crippen molar-refractivity contribution >= 4 is 32.5 Å². The molecule has 1 rings (SSSR count). The number of aromatic amines is 1. The molecule has 0 saturated heterocycles. The molecule has 84 valence electrons. The van der Waals surface area contributed by atoms with Gasteiger partial charge in [-0.25, -0.2) is 4.98 Å². The fourth-order valence-corrected chi connectivity index (χ4v) is 1.90. The molecule has 0 saturated carbocycles. The Kier molecular flexibility index (Phi) is 4.97. The van der Waals surface area contributed by atoms with Gasteiger partial charge in [-0.1, -0.05) is 0 Å². The Morgan fingerprint density at radius 1 is 1.67 bits per heavy atom. The van der Waals surface area contributed by atoms with Crippen LogP contribution in [0.2, 0.25) is 0 Å². The van der Waals surface area contributed by atoms with Crippen molar-refractivity contribution in [3.8, 4) is 0 Å². The molecule has 1 unspecified atom stereocenters. The summed E-state index contributed by atoms with van der Waals surface area (Å²) in [5, 5.41) is 3.00. The first-order chi connectivity index (χ1) is 7.11. The number of rotatable bonds is 5. The van der Waals surface area contributed by atoms with Crippen LogP contribution in [0.25, 0.3) is 0 Å². The molecular formula is C8H12BrN3O2S. The average molecular weight is 294 g/mol. The fourth-order valence-electron chi connectivity index (χ4n) is 0.988. The van der Waals surface area contributed by atoms with Crippen LogP contribution in [0, 0.1) is 0 Å². The third kappa shape index (κ3) is 4.13. The summed E-state index contributed by atoms with van der Waals surface area (Å²) < 4.78 is 11.2. The maximum atomic E-state index is 11.1. The summed E-state index contributed by atoms with van der Waals surface area (Å²) in [4.78, 5) is 17.6. The molecule has 5 nitrogen and oxygen atoms in total. The summed E-state index contributed by atoms with van der Waals surface area (Å²) >= 11 is 3.13. The van der Waals surface area contributed by atoms with Gasteiger partial charge in [0.15, 0.2) is 0 Å². The van der Waals surface area contributed by atoms with E-state index in [0.717, 1.165) is 6.42 Å². The van der Waals surface area contributed by atoms with Crippen LogP contribution in [-0.2, 0) is 10.8 Å². The molecular weight excluding hydrogens is 282 g/mol. The van der Waals surface area contributed by atoms with Crippen molar-refractivity contribution in [3.05, 3.63) is 21.2 Å².